The van der Waals surface area contributed by atoms with Gasteiger partial charge < -0.3 is 14.7 Å². The fraction of sp³-hybridized carbons (Fsp3) is 0.452. The lowest BCUT2D eigenvalue weighted by atomic mass is 9.87. The number of halogens is 1. The lowest BCUT2D eigenvalue weighted by Crippen LogP contribution is -2.50. The number of hydrogen-bond acceptors (Lipinski definition) is 4. The van der Waals surface area contributed by atoms with Gasteiger partial charge in [-0.2, -0.15) is 0 Å². The summed E-state index contributed by atoms with van der Waals surface area (Å²) in [6.07, 6.45) is 2.67. The SMILES string of the molecule is CN(C)[C@@H]1CCN(Cc2ccc3ccccc3c2)C[C@@H]1CCC(=O)N1CCN(c2ccc(F)cc2)CC1. The Morgan fingerprint density at radius 2 is 1.65 bits per heavy atom. The molecule has 0 radical (unpaired) electrons. The first-order valence-electron chi connectivity index (χ1n) is 13.6. The van der Waals surface area contributed by atoms with Crippen LogP contribution in [0, 0.1) is 11.7 Å². The number of rotatable bonds is 7. The number of piperazine rings is 1. The van der Waals surface area contributed by atoms with E-state index in [4.69, 9.17) is 0 Å². The van der Waals surface area contributed by atoms with Crippen molar-refractivity contribution in [2.24, 2.45) is 5.92 Å². The summed E-state index contributed by atoms with van der Waals surface area (Å²) in [4.78, 5) is 22.3. The van der Waals surface area contributed by atoms with Crippen molar-refractivity contribution in [3.8, 4) is 0 Å². The molecular formula is C31H39FN4O. The summed E-state index contributed by atoms with van der Waals surface area (Å²) < 4.78 is 13.2. The molecule has 3 aromatic carbocycles. The molecule has 5 rings (SSSR count). The number of benzene rings is 3. The topological polar surface area (TPSA) is 30.0 Å². The van der Waals surface area contributed by atoms with Crippen molar-refractivity contribution in [2.45, 2.75) is 31.8 Å². The number of hydrogen-bond donors (Lipinski definition) is 0. The van der Waals surface area contributed by atoms with Crippen LogP contribution < -0.4 is 4.90 Å². The third-order valence-electron chi connectivity index (χ3n) is 8.21. The van der Waals surface area contributed by atoms with Crippen LogP contribution in [0.3, 0.4) is 0 Å². The highest BCUT2D eigenvalue weighted by Crippen LogP contribution is 2.27. The molecule has 2 atom stereocenters. The van der Waals surface area contributed by atoms with Gasteiger partial charge in [-0.1, -0.05) is 36.4 Å². The second-order valence-electron chi connectivity index (χ2n) is 10.9. The van der Waals surface area contributed by atoms with Crippen LogP contribution in [0.1, 0.15) is 24.8 Å². The summed E-state index contributed by atoms with van der Waals surface area (Å²) >= 11 is 0. The van der Waals surface area contributed by atoms with Crippen molar-refractivity contribution in [1.29, 1.82) is 0 Å². The average Bonchev–Trinajstić information content (AvgIpc) is 2.92. The molecule has 2 saturated heterocycles. The van der Waals surface area contributed by atoms with E-state index in [-0.39, 0.29) is 11.7 Å². The van der Waals surface area contributed by atoms with Crippen molar-refractivity contribution >= 4 is 22.4 Å². The van der Waals surface area contributed by atoms with Gasteiger partial charge in [0.15, 0.2) is 0 Å². The van der Waals surface area contributed by atoms with Gasteiger partial charge in [0.1, 0.15) is 5.82 Å². The van der Waals surface area contributed by atoms with E-state index >= 15 is 0 Å². The number of anilines is 1. The Morgan fingerprint density at radius 1 is 0.919 bits per heavy atom. The van der Waals surface area contributed by atoms with Crippen molar-refractivity contribution in [1.82, 2.24) is 14.7 Å². The fourth-order valence-electron chi connectivity index (χ4n) is 6.13. The normalized spacial score (nSPS) is 21.1. The Kier molecular flexibility index (Phi) is 8.06. The average molecular weight is 503 g/mol. The largest absolute Gasteiger partial charge is 0.368 e. The first-order valence-corrected chi connectivity index (χ1v) is 13.6. The van der Waals surface area contributed by atoms with Crippen LogP contribution in [-0.2, 0) is 11.3 Å². The van der Waals surface area contributed by atoms with Crippen LogP contribution in [0.2, 0.25) is 0 Å². The summed E-state index contributed by atoms with van der Waals surface area (Å²) in [7, 11) is 4.35. The van der Waals surface area contributed by atoms with Gasteiger partial charge in [0.25, 0.3) is 0 Å². The zero-order chi connectivity index (χ0) is 25.8. The number of likely N-dealkylation sites (tertiary alicyclic amines) is 1. The molecule has 0 saturated carbocycles. The Balaban J connectivity index is 1.14. The third kappa shape index (κ3) is 6.31. The van der Waals surface area contributed by atoms with Gasteiger partial charge in [0, 0.05) is 57.4 Å². The Bertz CT molecular complexity index is 1190. The molecule has 0 spiro atoms. The molecule has 2 aliphatic heterocycles. The van der Waals surface area contributed by atoms with Crippen LogP contribution in [0.25, 0.3) is 10.8 Å². The highest BCUT2D eigenvalue weighted by Gasteiger charge is 2.31. The molecule has 196 valence electrons. The van der Waals surface area contributed by atoms with E-state index in [2.05, 4.69) is 71.3 Å². The summed E-state index contributed by atoms with van der Waals surface area (Å²) in [6.45, 7) is 6.12. The Labute approximate surface area is 220 Å². The van der Waals surface area contributed by atoms with Gasteiger partial charge in [-0.25, -0.2) is 4.39 Å². The molecule has 0 aromatic heterocycles. The number of amides is 1. The minimum absolute atomic E-state index is 0.216. The number of carbonyl (C=O) groups excluding carboxylic acids is 1. The summed E-state index contributed by atoms with van der Waals surface area (Å²) in [5.41, 5.74) is 2.38. The molecule has 0 bridgehead atoms. The standard InChI is InChI=1S/C31H39FN4O/c1-33(2)30-15-16-34(22-24-7-8-25-5-3-4-6-26(25)21-24)23-27(30)9-14-31(37)36-19-17-35(18-20-36)29-12-10-28(32)11-13-29/h3-8,10-13,21,27,30H,9,14-20,22-23H2,1-2H3/t27-,30+/m0/s1. The quantitative estimate of drug-likeness (QED) is 0.462. The van der Waals surface area contributed by atoms with Gasteiger partial charge in [-0.3, -0.25) is 9.69 Å². The molecule has 5 nitrogen and oxygen atoms in total. The van der Waals surface area contributed by atoms with E-state index in [1.54, 1.807) is 0 Å². The molecule has 1 amide bonds. The molecule has 0 N–H and O–H groups in total. The first-order chi connectivity index (χ1) is 18.0. The van der Waals surface area contributed by atoms with E-state index in [1.807, 2.05) is 17.0 Å². The summed E-state index contributed by atoms with van der Waals surface area (Å²) in [5.74, 6) is 0.531. The third-order valence-corrected chi connectivity index (χ3v) is 8.21. The minimum Gasteiger partial charge on any atom is -0.368 e. The smallest absolute Gasteiger partial charge is 0.222 e. The number of fused-ring (bicyclic) bond motifs is 1. The maximum atomic E-state index is 13.2. The lowest BCUT2D eigenvalue weighted by Gasteiger charge is -2.42. The Hall–Kier alpha value is -2.96. The van der Waals surface area contributed by atoms with E-state index in [1.165, 1.54) is 28.5 Å². The van der Waals surface area contributed by atoms with Crippen LogP contribution >= 0.6 is 0 Å². The van der Waals surface area contributed by atoms with E-state index in [0.29, 0.717) is 18.4 Å². The molecule has 0 aliphatic carbocycles. The minimum atomic E-state index is -0.216. The molecule has 3 aromatic rings. The van der Waals surface area contributed by atoms with E-state index in [0.717, 1.165) is 64.3 Å². The molecule has 2 fully saturated rings. The highest BCUT2D eigenvalue weighted by atomic mass is 19.1. The molecule has 0 unspecified atom stereocenters. The molecule has 2 heterocycles. The number of carbonyl (C=O) groups is 1. The maximum Gasteiger partial charge on any atom is 0.222 e. The second-order valence-corrected chi connectivity index (χ2v) is 10.9. The Morgan fingerprint density at radius 3 is 2.38 bits per heavy atom. The van der Waals surface area contributed by atoms with Gasteiger partial charge in [0.2, 0.25) is 5.91 Å². The van der Waals surface area contributed by atoms with E-state index in [9.17, 15) is 9.18 Å². The maximum absolute atomic E-state index is 13.2. The van der Waals surface area contributed by atoms with Gasteiger partial charge in [0.05, 0.1) is 0 Å². The number of nitrogens with zero attached hydrogens (tertiary/aromatic N) is 4. The summed E-state index contributed by atoms with van der Waals surface area (Å²) in [5, 5.41) is 2.58. The van der Waals surface area contributed by atoms with Crippen molar-refractivity contribution < 1.29 is 9.18 Å². The van der Waals surface area contributed by atoms with Crippen molar-refractivity contribution in [2.75, 3.05) is 58.3 Å². The molecule has 37 heavy (non-hydrogen) atoms. The fourth-order valence-corrected chi connectivity index (χ4v) is 6.13. The van der Waals surface area contributed by atoms with Crippen molar-refractivity contribution in [3.05, 3.63) is 78.1 Å². The van der Waals surface area contributed by atoms with Crippen LogP contribution in [0.15, 0.2) is 66.7 Å². The van der Waals surface area contributed by atoms with Crippen LogP contribution in [0.4, 0.5) is 10.1 Å². The second kappa shape index (κ2) is 11.6. The number of piperidine rings is 1. The van der Waals surface area contributed by atoms with Gasteiger partial charge in [-0.15, -0.1) is 0 Å². The molecule has 2 aliphatic rings. The lowest BCUT2D eigenvalue weighted by molar-refractivity contribution is -0.132. The van der Waals surface area contributed by atoms with Crippen LogP contribution in [-0.4, -0.2) is 80.0 Å². The van der Waals surface area contributed by atoms with Gasteiger partial charge in [-0.05, 0) is 86.1 Å². The predicted molar refractivity (Wildman–Crippen MR) is 149 cm³/mol. The van der Waals surface area contributed by atoms with Gasteiger partial charge >= 0.3 is 0 Å². The first kappa shape index (κ1) is 25.7. The molecule has 6 heteroatoms. The predicted octanol–water partition coefficient (Wildman–Crippen LogP) is 4.86. The molecular weight excluding hydrogens is 463 g/mol. The van der Waals surface area contributed by atoms with E-state index < -0.39 is 0 Å². The highest BCUT2D eigenvalue weighted by molar-refractivity contribution is 5.83. The zero-order valence-corrected chi connectivity index (χ0v) is 22.2. The summed E-state index contributed by atoms with van der Waals surface area (Å²) in [6, 6.07) is 22.5. The van der Waals surface area contributed by atoms with Crippen molar-refractivity contribution in [3.63, 3.8) is 0 Å². The zero-order valence-electron chi connectivity index (χ0n) is 22.2. The monoisotopic (exact) mass is 502 g/mol. The van der Waals surface area contributed by atoms with Crippen LogP contribution in [0.5, 0.6) is 0 Å².